The van der Waals surface area contributed by atoms with Crippen LogP contribution in [-0.4, -0.2) is 68.7 Å². The summed E-state index contributed by atoms with van der Waals surface area (Å²) in [6.07, 6.45) is 1.22. The number of guanidine groups is 1. The van der Waals surface area contributed by atoms with E-state index in [-0.39, 0.29) is 24.0 Å². The van der Waals surface area contributed by atoms with Crippen LogP contribution in [0.25, 0.3) is 0 Å². The van der Waals surface area contributed by atoms with E-state index < -0.39 is 0 Å². The number of benzene rings is 1. The zero-order valence-electron chi connectivity index (χ0n) is 17.2. The Hall–Kier alpha value is -0.860. The molecular weight excluding hydrogens is 451 g/mol. The Morgan fingerprint density at radius 2 is 1.85 bits per heavy atom. The molecule has 0 bridgehead atoms. The van der Waals surface area contributed by atoms with Gasteiger partial charge in [-0.15, -0.1) is 24.0 Å². The number of likely N-dealkylation sites (tertiary alicyclic amines) is 1. The molecule has 5 nitrogen and oxygen atoms in total. The smallest absolute Gasteiger partial charge is 0.193 e. The van der Waals surface area contributed by atoms with E-state index in [2.05, 4.69) is 65.1 Å². The number of halogens is 1. The molecule has 2 aliphatic rings. The predicted molar refractivity (Wildman–Crippen MR) is 123 cm³/mol. The fraction of sp³-hybridized carbons (Fsp3) is 0.667. The van der Waals surface area contributed by atoms with Gasteiger partial charge in [-0.05, 0) is 24.3 Å². The minimum Gasteiger partial charge on any atom is -0.379 e. The van der Waals surface area contributed by atoms with Crippen molar-refractivity contribution in [2.75, 3.05) is 53.0 Å². The van der Waals surface area contributed by atoms with Crippen molar-refractivity contribution in [2.45, 2.75) is 33.2 Å². The largest absolute Gasteiger partial charge is 0.379 e. The van der Waals surface area contributed by atoms with E-state index >= 15 is 0 Å². The number of nitrogens with one attached hydrogen (secondary N) is 1. The summed E-state index contributed by atoms with van der Waals surface area (Å²) in [7, 11) is 1.89. The van der Waals surface area contributed by atoms with Gasteiger partial charge in [0.1, 0.15) is 0 Å². The van der Waals surface area contributed by atoms with E-state index in [0.717, 1.165) is 51.9 Å². The van der Waals surface area contributed by atoms with Crippen LogP contribution in [0.3, 0.4) is 0 Å². The molecule has 0 saturated carbocycles. The highest BCUT2D eigenvalue weighted by molar-refractivity contribution is 14.0. The summed E-state index contributed by atoms with van der Waals surface area (Å²) in [5.74, 6) is 1.03. The number of hydrogen-bond acceptors (Lipinski definition) is 3. The molecule has 6 heteroatoms. The third-order valence-electron chi connectivity index (χ3n) is 5.59. The number of hydrogen-bond donors (Lipinski definition) is 1. The molecule has 2 saturated heterocycles. The number of aryl methyl sites for hydroxylation is 1. The first kappa shape index (κ1) is 22.4. The number of nitrogens with zero attached hydrogens (tertiary/aromatic N) is 3. The van der Waals surface area contributed by atoms with Crippen LogP contribution in [0.4, 0.5) is 0 Å². The Kier molecular flexibility index (Phi) is 8.37. The van der Waals surface area contributed by atoms with Gasteiger partial charge in [0.15, 0.2) is 5.96 Å². The minimum absolute atomic E-state index is 0. The lowest BCUT2D eigenvalue weighted by Gasteiger charge is -2.36. The molecule has 152 valence electrons. The van der Waals surface area contributed by atoms with Gasteiger partial charge < -0.3 is 15.0 Å². The first-order valence-corrected chi connectivity index (χ1v) is 9.82. The van der Waals surface area contributed by atoms with E-state index in [0.29, 0.717) is 11.5 Å². The van der Waals surface area contributed by atoms with Crippen LogP contribution >= 0.6 is 24.0 Å². The van der Waals surface area contributed by atoms with Crippen molar-refractivity contribution >= 4 is 29.9 Å². The Labute approximate surface area is 181 Å². The number of rotatable bonds is 4. The fourth-order valence-electron chi connectivity index (χ4n) is 3.95. The SMILES string of the molecule is CN=C(NCC(c1ccc(C)cc1)N1CCOCC1)N1CCC(C)(C)C1.I. The second kappa shape index (κ2) is 10.1. The Balaban J connectivity index is 0.00000261. The number of ether oxygens (including phenoxy) is 1. The second-order valence-corrected chi connectivity index (χ2v) is 8.34. The van der Waals surface area contributed by atoms with Gasteiger partial charge in [-0.2, -0.15) is 0 Å². The molecule has 0 amide bonds. The summed E-state index contributed by atoms with van der Waals surface area (Å²) in [5, 5.41) is 3.65. The topological polar surface area (TPSA) is 40.1 Å². The van der Waals surface area contributed by atoms with Crippen molar-refractivity contribution < 1.29 is 4.74 Å². The highest BCUT2D eigenvalue weighted by Gasteiger charge is 2.31. The third kappa shape index (κ3) is 6.06. The normalized spacial score (nSPS) is 21.6. The Bertz CT molecular complexity index is 611. The molecule has 27 heavy (non-hydrogen) atoms. The minimum atomic E-state index is 0. The van der Waals surface area contributed by atoms with Crippen LogP contribution in [-0.2, 0) is 4.74 Å². The van der Waals surface area contributed by atoms with Crippen molar-refractivity contribution in [1.82, 2.24) is 15.1 Å². The Morgan fingerprint density at radius 3 is 2.41 bits per heavy atom. The number of morpholine rings is 1. The van der Waals surface area contributed by atoms with Crippen LogP contribution in [0, 0.1) is 12.3 Å². The maximum Gasteiger partial charge on any atom is 0.193 e. The lowest BCUT2D eigenvalue weighted by atomic mass is 9.93. The quantitative estimate of drug-likeness (QED) is 0.403. The van der Waals surface area contributed by atoms with E-state index in [1.165, 1.54) is 17.5 Å². The van der Waals surface area contributed by atoms with E-state index in [1.807, 2.05) is 7.05 Å². The van der Waals surface area contributed by atoms with Crippen molar-refractivity contribution in [1.29, 1.82) is 0 Å². The lowest BCUT2D eigenvalue weighted by Crippen LogP contribution is -2.47. The van der Waals surface area contributed by atoms with Gasteiger partial charge in [0.2, 0.25) is 0 Å². The molecular formula is C21H35IN4O. The molecule has 2 heterocycles. The lowest BCUT2D eigenvalue weighted by molar-refractivity contribution is 0.0169. The predicted octanol–water partition coefficient (Wildman–Crippen LogP) is 3.29. The summed E-state index contributed by atoms with van der Waals surface area (Å²) >= 11 is 0. The van der Waals surface area contributed by atoms with Crippen molar-refractivity contribution in [3.8, 4) is 0 Å². The monoisotopic (exact) mass is 486 g/mol. The van der Waals surface area contributed by atoms with Gasteiger partial charge in [0.05, 0.1) is 19.3 Å². The second-order valence-electron chi connectivity index (χ2n) is 8.34. The van der Waals surface area contributed by atoms with Crippen molar-refractivity contribution in [2.24, 2.45) is 10.4 Å². The molecule has 3 rings (SSSR count). The number of aliphatic imine (C=N–C) groups is 1. The maximum absolute atomic E-state index is 5.56. The van der Waals surface area contributed by atoms with Crippen molar-refractivity contribution in [3.05, 3.63) is 35.4 Å². The molecule has 1 aromatic carbocycles. The van der Waals surface area contributed by atoms with E-state index in [9.17, 15) is 0 Å². The van der Waals surface area contributed by atoms with Gasteiger partial charge in [-0.1, -0.05) is 43.7 Å². The zero-order valence-corrected chi connectivity index (χ0v) is 19.5. The van der Waals surface area contributed by atoms with Crippen molar-refractivity contribution in [3.63, 3.8) is 0 Å². The highest BCUT2D eigenvalue weighted by Crippen LogP contribution is 2.29. The maximum atomic E-state index is 5.56. The average molecular weight is 486 g/mol. The fourth-order valence-corrected chi connectivity index (χ4v) is 3.95. The average Bonchev–Trinajstić information content (AvgIpc) is 3.00. The van der Waals surface area contributed by atoms with Gasteiger partial charge in [0, 0.05) is 39.8 Å². The van der Waals surface area contributed by atoms with E-state index in [1.54, 1.807) is 0 Å². The van der Waals surface area contributed by atoms with Crippen LogP contribution in [0.2, 0.25) is 0 Å². The summed E-state index contributed by atoms with van der Waals surface area (Å²) in [4.78, 5) is 9.47. The molecule has 0 aromatic heterocycles. The van der Waals surface area contributed by atoms with E-state index in [4.69, 9.17) is 4.74 Å². The molecule has 1 aromatic rings. The molecule has 2 fully saturated rings. The van der Waals surface area contributed by atoms with Crippen LogP contribution in [0.1, 0.15) is 37.4 Å². The summed E-state index contributed by atoms with van der Waals surface area (Å²) in [5.41, 5.74) is 3.04. The summed E-state index contributed by atoms with van der Waals surface area (Å²) in [6, 6.07) is 9.28. The van der Waals surface area contributed by atoms with Gasteiger partial charge in [0.25, 0.3) is 0 Å². The first-order chi connectivity index (χ1) is 12.5. The molecule has 1 atom stereocenters. The van der Waals surface area contributed by atoms with Gasteiger partial charge in [-0.3, -0.25) is 9.89 Å². The summed E-state index contributed by atoms with van der Waals surface area (Å²) < 4.78 is 5.56. The molecule has 0 spiro atoms. The molecule has 1 unspecified atom stereocenters. The van der Waals surface area contributed by atoms with Crippen LogP contribution < -0.4 is 5.32 Å². The molecule has 0 radical (unpaired) electrons. The Morgan fingerprint density at radius 1 is 1.19 bits per heavy atom. The third-order valence-corrected chi connectivity index (χ3v) is 5.59. The molecule has 1 N–H and O–H groups in total. The molecule has 0 aliphatic carbocycles. The van der Waals surface area contributed by atoms with Gasteiger partial charge >= 0.3 is 0 Å². The van der Waals surface area contributed by atoms with Crippen LogP contribution in [0.15, 0.2) is 29.3 Å². The van der Waals surface area contributed by atoms with Gasteiger partial charge in [-0.25, -0.2) is 0 Å². The standard InChI is InChI=1S/C21H34N4O.HI/c1-17-5-7-18(8-6-17)19(24-11-13-26-14-12-24)15-23-20(22-4)25-10-9-21(2,3)16-25;/h5-8,19H,9-16H2,1-4H3,(H,22,23);1H. The summed E-state index contributed by atoms with van der Waals surface area (Å²) in [6.45, 7) is 13.4. The molecule has 2 aliphatic heterocycles. The zero-order chi connectivity index (χ0) is 18.6. The first-order valence-electron chi connectivity index (χ1n) is 9.82. The van der Waals surface area contributed by atoms with Crippen LogP contribution in [0.5, 0.6) is 0 Å². The highest BCUT2D eigenvalue weighted by atomic mass is 127.